The summed E-state index contributed by atoms with van der Waals surface area (Å²) in [7, 11) is 0. The molecule has 0 aliphatic heterocycles. The van der Waals surface area contributed by atoms with E-state index in [1.165, 1.54) is 15.0 Å². The van der Waals surface area contributed by atoms with E-state index in [0.717, 1.165) is 5.57 Å². The summed E-state index contributed by atoms with van der Waals surface area (Å²) in [4.78, 5) is 1.17. The zero-order chi connectivity index (χ0) is 9.97. The molecule has 0 atom stereocenters. The first-order chi connectivity index (χ1) is 6.85. The van der Waals surface area contributed by atoms with Crippen molar-refractivity contribution in [2.75, 3.05) is 6.54 Å². The van der Waals surface area contributed by atoms with E-state index in [2.05, 4.69) is 30.5 Å². The lowest BCUT2D eigenvalue weighted by Gasteiger charge is -1.93. The number of hydrogen-bond acceptors (Lipinski definition) is 2. The molecule has 2 rings (SSSR count). The number of halogens is 1. The second-order valence-corrected chi connectivity index (χ2v) is 4.09. The van der Waals surface area contributed by atoms with Gasteiger partial charge >= 0.3 is 0 Å². The SMILES string of the molecule is C=C=C(CN)c1cc2ccccc2s1.Cl. The molecule has 1 aromatic heterocycles. The van der Waals surface area contributed by atoms with Crippen LogP contribution in [-0.4, -0.2) is 6.54 Å². The molecule has 15 heavy (non-hydrogen) atoms. The zero-order valence-corrected chi connectivity index (χ0v) is 9.83. The molecule has 0 saturated carbocycles. The van der Waals surface area contributed by atoms with Gasteiger partial charge in [0.1, 0.15) is 0 Å². The predicted molar refractivity (Wildman–Crippen MR) is 70.7 cm³/mol. The maximum Gasteiger partial charge on any atom is 0.0404 e. The summed E-state index contributed by atoms with van der Waals surface area (Å²) in [6, 6.07) is 10.4. The number of nitrogens with two attached hydrogens (primary N) is 1. The van der Waals surface area contributed by atoms with Gasteiger partial charge in [0, 0.05) is 21.7 Å². The van der Waals surface area contributed by atoms with Gasteiger partial charge in [0.15, 0.2) is 0 Å². The molecule has 0 unspecified atom stereocenters. The van der Waals surface area contributed by atoms with Crippen LogP contribution in [0.5, 0.6) is 0 Å². The highest BCUT2D eigenvalue weighted by Gasteiger charge is 2.03. The van der Waals surface area contributed by atoms with Crippen LogP contribution in [0.4, 0.5) is 0 Å². The third-order valence-corrected chi connectivity index (χ3v) is 3.32. The molecule has 2 N–H and O–H groups in total. The molecular weight excluding hydrogens is 226 g/mol. The van der Waals surface area contributed by atoms with Crippen LogP contribution in [-0.2, 0) is 0 Å². The zero-order valence-electron chi connectivity index (χ0n) is 8.19. The lowest BCUT2D eigenvalue weighted by Crippen LogP contribution is -1.99. The summed E-state index contributed by atoms with van der Waals surface area (Å²) >= 11 is 1.74. The number of fused-ring (bicyclic) bond motifs is 1. The van der Waals surface area contributed by atoms with E-state index >= 15 is 0 Å². The van der Waals surface area contributed by atoms with Crippen molar-refractivity contribution in [2.24, 2.45) is 5.73 Å². The molecular formula is C12H12ClNS. The molecule has 0 aliphatic rings. The van der Waals surface area contributed by atoms with Gasteiger partial charge in [0.25, 0.3) is 0 Å². The minimum Gasteiger partial charge on any atom is -0.326 e. The van der Waals surface area contributed by atoms with Crippen molar-refractivity contribution in [3.05, 3.63) is 47.5 Å². The van der Waals surface area contributed by atoms with Crippen LogP contribution in [0.25, 0.3) is 15.7 Å². The van der Waals surface area contributed by atoms with Crippen molar-refractivity contribution in [3.8, 4) is 0 Å². The molecule has 1 nitrogen and oxygen atoms in total. The fraction of sp³-hybridized carbons (Fsp3) is 0.0833. The summed E-state index contributed by atoms with van der Waals surface area (Å²) in [6.07, 6.45) is 0. The second kappa shape index (κ2) is 5.15. The lowest BCUT2D eigenvalue weighted by atomic mass is 10.2. The maximum atomic E-state index is 5.60. The van der Waals surface area contributed by atoms with Crippen LogP contribution in [0, 0.1) is 0 Å². The summed E-state index contributed by atoms with van der Waals surface area (Å²) in [5.74, 6) is 0. The Labute approximate surface area is 99.3 Å². The molecule has 0 saturated heterocycles. The molecule has 0 fully saturated rings. The quantitative estimate of drug-likeness (QED) is 0.796. The van der Waals surface area contributed by atoms with Crippen LogP contribution in [0.15, 0.2) is 42.6 Å². The van der Waals surface area contributed by atoms with Crippen molar-refractivity contribution in [1.29, 1.82) is 0 Å². The van der Waals surface area contributed by atoms with Gasteiger partial charge in [-0.1, -0.05) is 24.8 Å². The average molecular weight is 238 g/mol. The second-order valence-electron chi connectivity index (χ2n) is 3.01. The van der Waals surface area contributed by atoms with Crippen LogP contribution in [0.3, 0.4) is 0 Å². The topological polar surface area (TPSA) is 26.0 Å². The van der Waals surface area contributed by atoms with E-state index < -0.39 is 0 Å². The van der Waals surface area contributed by atoms with E-state index in [4.69, 9.17) is 5.73 Å². The van der Waals surface area contributed by atoms with E-state index in [0.29, 0.717) is 6.54 Å². The summed E-state index contributed by atoms with van der Waals surface area (Å²) in [5, 5.41) is 1.26. The fourth-order valence-electron chi connectivity index (χ4n) is 1.39. The molecule has 0 amide bonds. The third kappa shape index (κ3) is 2.31. The molecule has 1 aromatic carbocycles. The molecule has 0 radical (unpaired) electrons. The Morgan fingerprint density at radius 2 is 2.13 bits per heavy atom. The largest absolute Gasteiger partial charge is 0.326 e. The van der Waals surface area contributed by atoms with Crippen LogP contribution >= 0.6 is 23.7 Å². The Kier molecular flexibility index (Phi) is 4.13. The van der Waals surface area contributed by atoms with Gasteiger partial charge in [-0.3, -0.25) is 0 Å². The smallest absolute Gasteiger partial charge is 0.0404 e. The van der Waals surface area contributed by atoms with E-state index in [9.17, 15) is 0 Å². The first-order valence-electron chi connectivity index (χ1n) is 4.43. The van der Waals surface area contributed by atoms with Crippen LogP contribution < -0.4 is 5.73 Å². The number of benzene rings is 1. The van der Waals surface area contributed by atoms with Crippen molar-refractivity contribution in [2.45, 2.75) is 0 Å². The highest BCUT2D eigenvalue weighted by atomic mass is 35.5. The highest BCUT2D eigenvalue weighted by molar-refractivity contribution is 7.20. The normalized spacial score (nSPS) is 9.40. The lowest BCUT2D eigenvalue weighted by molar-refractivity contribution is 1.28. The Hall–Kier alpha value is -1.05. The summed E-state index contributed by atoms with van der Waals surface area (Å²) in [5.41, 5.74) is 9.48. The molecule has 0 bridgehead atoms. The summed E-state index contributed by atoms with van der Waals surface area (Å²) in [6.45, 7) is 4.14. The van der Waals surface area contributed by atoms with E-state index in [-0.39, 0.29) is 12.4 Å². The highest BCUT2D eigenvalue weighted by Crippen LogP contribution is 2.29. The predicted octanol–water partition coefficient (Wildman–Crippen LogP) is 3.45. The standard InChI is InChI=1S/C12H11NS.ClH/c1-2-9(8-13)12-7-10-5-3-4-6-11(10)14-12;/h3-7H,1,8,13H2;1H. The number of thiophene rings is 1. The van der Waals surface area contributed by atoms with Gasteiger partial charge in [-0.05, 0) is 17.5 Å². The molecule has 2 aromatic rings. The molecule has 0 aliphatic carbocycles. The number of hydrogen-bond donors (Lipinski definition) is 1. The van der Waals surface area contributed by atoms with Gasteiger partial charge in [-0.25, -0.2) is 0 Å². The summed E-state index contributed by atoms with van der Waals surface area (Å²) < 4.78 is 1.28. The average Bonchev–Trinajstić information content (AvgIpc) is 2.63. The fourth-order valence-corrected chi connectivity index (χ4v) is 2.48. The maximum absolute atomic E-state index is 5.60. The van der Waals surface area contributed by atoms with Gasteiger partial charge < -0.3 is 5.73 Å². The van der Waals surface area contributed by atoms with E-state index in [1.807, 2.05) is 12.1 Å². The van der Waals surface area contributed by atoms with Gasteiger partial charge in [0.2, 0.25) is 0 Å². The van der Waals surface area contributed by atoms with Crippen molar-refractivity contribution in [1.82, 2.24) is 0 Å². The molecule has 78 valence electrons. The molecule has 1 heterocycles. The Morgan fingerprint density at radius 1 is 1.40 bits per heavy atom. The van der Waals surface area contributed by atoms with Gasteiger partial charge in [0.05, 0.1) is 0 Å². The van der Waals surface area contributed by atoms with E-state index in [1.54, 1.807) is 11.3 Å². The Morgan fingerprint density at radius 3 is 2.73 bits per heavy atom. The monoisotopic (exact) mass is 237 g/mol. The molecule has 3 heteroatoms. The Balaban J connectivity index is 0.00000112. The number of rotatable bonds is 2. The van der Waals surface area contributed by atoms with Crippen LogP contribution in [0.2, 0.25) is 0 Å². The third-order valence-electron chi connectivity index (χ3n) is 2.14. The van der Waals surface area contributed by atoms with Crippen molar-refractivity contribution in [3.63, 3.8) is 0 Å². The minimum atomic E-state index is 0. The Bertz CT molecular complexity index is 476. The first-order valence-corrected chi connectivity index (χ1v) is 5.24. The first kappa shape index (κ1) is 12.0. The van der Waals surface area contributed by atoms with Gasteiger partial charge in [-0.2, -0.15) is 0 Å². The minimum absolute atomic E-state index is 0. The van der Waals surface area contributed by atoms with Gasteiger partial charge in [-0.15, -0.1) is 29.5 Å². The van der Waals surface area contributed by atoms with Crippen LogP contribution in [0.1, 0.15) is 4.88 Å². The van der Waals surface area contributed by atoms with Crippen molar-refractivity contribution >= 4 is 39.4 Å². The molecule has 0 spiro atoms. The van der Waals surface area contributed by atoms with Crippen molar-refractivity contribution < 1.29 is 0 Å².